The van der Waals surface area contributed by atoms with Gasteiger partial charge in [-0.15, -0.1) is 0 Å². The number of hydrogen-bond donors (Lipinski definition) is 0. The van der Waals surface area contributed by atoms with Gasteiger partial charge in [-0.05, 0) is 36.8 Å². The topological polar surface area (TPSA) is 21.6 Å². The second kappa shape index (κ2) is 6.38. The first kappa shape index (κ1) is 15.5. The highest BCUT2D eigenvalue weighted by atomic mass is 31.1. The van der Waals surface area contributed by atoms with Crippen LogP contribution in [0.3, 0.4) is 0 Å². The van der Waals surface area contributed by atoms with Crippen LogP contribution in [0.2, 0.25) is 0 Å². The molecule has 1 aliphatic heterocycles. The van der Waals surface area contributed by atoms with Gasteiger partial charge >= 0.3 is 0 Å². The normalized spacial score (nSPS) is 21.3. The van der Waals surface area contributed by atoms with Crippen LogP contribution in [0.4, 0.5) is 0 Å². The zero-order valence-electron chi connectivity index (χ0n) is 13.8. The Hall–Kier alpha value is -1.40. The van der Waals surface area contributed by atoms with E-state index in [1.165, 1.54) is 27.3 Å². The van der Waals surface area contributed by atoms with Crippen molar-refractivity contribution in [2.75, 3.05) is 6.61 Å². The number of allylic oxidation sites excluding steroid dienone is 3. The van der Waals surface area contributed by atoms with E-state index in [1.807, 2.05) is 0 Å². The maximum Gasteiger partial charge on any atom is 0.213 e. The largest absolute Gasteiger partial charge is 0.475 e. The molecule has 0 N–H and O–H groups in total. The van der Waals surface area contributed by atoms with E-state index in [-0.39, 0.29) is 0 Å². The minimum atomic E-state index is 0.314. The number of benzene rings is 1. The number of aliphatic imine (C=N–C) groups is 1. The van der Waals surface area contributed by atoms with E-state index in [1.54, 1.807) is 0 Å². The van der Waals surface area contributed by atoms with E-state index >= 15 is 0 Å². The van der Waals surface area contributed by atoms with E-state index in [2.05, 4.69) is 58.0 Å². The molecule has 0 saturated carbocycles. The van der Waals surface area contributed by atoms with Gasteiger partial charge in [-0.2, -0.15) is 0 Å². The third-order valence-electron chi connectivity index (χ3n) is 4.13. The van der Waals surface area contributed by atoms with Gasteiger partial charge in [0.05, 0.1) is 6.04 Å². The fourth-order valence-corrected chi connectivity index (χ4v) is 4.39. The summed E-state index contributed by atoms with van der Waals surface area (Å²) < 4.78 is 5.88. The molecule has 0 fully saturated rings. The fourth-order valence-electron chi connectivity index (χ4n) is 2.92. The molecule has 2 nitrogen and oxygen atoms in total. The number of nitrogens with zero attached hydrogens (tertiary/aromatic N) is 1. The summed E-state index contributed by atoms with van der Waals surface area (Å²) in [6, 6.07) is 7.12. The Morgan fingerprint density at radius 1 is 1.18 bits per heavy atom. The summed E-state index contributed by atoms with van der Waals surface area (Å²) >= 11 is 0. The lowest BCUT2D eigenvalue weighted by atomic mass is 10.1. The van der Waals surface area contributed by atoms with Gasteiger partial charge in [0.1, 0.15) is 6.61 Å². The van der Waals surface area contributed by atoms with Crippen molar-refractivity contribution in [1.29, 1.82) is 0 Å². The Morgan fingerprint density at radius 2 is 1.91 bits per heavy atom. The Morgan fingerprint density at radius 3 is 2.55 bits per heavy atom. The fraction of sp³-hybridized carbons (Fsp3) is 0.421. The third-order valence-corrected chi connectivity index (χ3v) is 5.45. The first-order valence-corrected chi connectivity index (χ1v) is 8.99. The molecule has 0 radical (unpaired) electrons. The first-order valence-electron chi connectivity index (χ1n) is 7.99. The molecule has 2 atom stereocenters. The monoisotopic (exact) mass is 313 g/mol. The Labute approximate surface area is 135 Å². The van der Waals surface area contributed by atoms with Crippen LogP contribution in [0.15, 0.2) is 46.2 Å². The zero-order chi connectivity index (χ0) is 15.7. The lowest BCUT2D eigenvalue weighted by Crippen LogP contribution is -2.13. The van der Waals surface area contributed by atoms with Crippen LogP contribution in [-0.4, -0.2) is 18.5 Å². The van der Waals surface area contributed by atoms with Gasteiger partial charge in [0.15, 0.2) is 0 Å². The van der Waals surface area contributed by atoms with Crippen LogP contribution in [0.5, 0.6) is 0 Å². The quantitative estimate of drug-likeness (QED) is 0.761. The van der Waals surface area contributed by atoms with Gasteiger partial charge in [-0.1, -0.05) is 63.9 Å². The summed E-state index contributed by atoms with van der Waals surface area (Å²) in [7, 11) is 0.676. The van der Waals surface area contributed by atoms with Crippen molar-refractivity contribution < 1.29 is 4.74 Å². The zero-order valence-corrected chi connectivity index (χ0v) is 14.8. The molecule has 0 saturated heterocycles. The average molecular weight is 313 g/mol. The maximum absolute atomic E-state index is 5.88. The van der Waals surface area contributed by atoms with Crippen molar-refractivity contribution in [1.82, 2.24) is 0 Å². The van der Waals surface area contributed by atoms with Crippen LogP contribution in [0, 0.1) is 19.8 Å². The highest BCUT2D eigenvalue weighted by Crippen LogP contribution is 2.36. The molecule has 1 heterocycles. The number of rotatable bonds is 4. The van der Waals surface area contributed by atoms with Crippen molar-refractivity contribution in [3.05, 3.63) is 52.4 Å². The molecular weight excluding hydrogens is 289 g/mol. The van der Waals surface area contributed by atoms with Gasteiger partial charge in [0.2, 0.25) is 5.90 Å². The summed E-state index contributed by atoms with van der Waals surface area (Å²) in [5.41, 5.74) is 3.96. The summed E-state index contributed by atoms with van der Waals surface area (Å²) in [6.45, 7) is 9.48. The van der Waals surface area contributed by atoms with Crippen molar-refractivity contribution in [3.63, 3.8) is 0 Å². The van der Waals surface area contributed by atoms with E-state index < -0.39 is 0 Å². The standard InChI is InChI=1S/C19H24NOP/c1-12(2)17-11-21-19(20-17)16-6-5-7-18(16)22-15-9-13(3)8-14(4)10-15/h5,7-10,12,17,22H,6,11H2,1-4H3. The predicted octanol–water partition coefficient (Wildman–Crippen LogP) is 4.27. The van der Waals surface area contributed by atoms with E-state index in [4.69, 9.17) is 9.73 Å². The van der Waals surface area contributed by atoms with Crippen molar-refractivity contribution in [2.45, 2.75) is 40.2 Å². The number of aryl methyl sites for hydroxylation is 2. The van der Waals surface area contributed by atoms with E-state index in [0.717, 1.165) is 18.9 Å². The third kappa shape index (κ3) is 3.33. The Balaban J connectivity index is 1.85. The molecule has 1 aliphatic carbocycles. The molecule has 2 unspecified atom stereocenters. The second-order valence-corrected chi connectivity index (χ2v) is 7.92. The van der Waals surface area contributed by atoms with Gasteiger partial charge in [-0.25, -0.2) is 4.99 Å². The first-order chi connectivity index (χ1) is 10.5. The van der Waals surface area contributed by atoms with E-state index in [9.17, 15) is 0 Å². The number of hydrogen-bond acceptors (Lipinski definition) is 2. The van der Waals surface area contributed by atoms with E-state index in [0.29, 0.717) is 20.5 Å². The van der Waals surface area contributed by atoms with Crippen LogP contribution in [0.25, 0.3) is 0 Å². The van der Waals surface area contributed by atoms with Gasteiger partial charge in [-0.3, -0.25) is 0 Å². The Kier molecular flexibility index (Phi) is 4.49. The summed E-state index contributed by atoms with van der Waals surface area (Å²) in [5, 5.41) is 2.78. The molecule has 3 heteroatoms. The molecule has 0 bridgehead atoms. The van der Waals surface area contributed by atoms with Crippen molar-refractivity contribution >= 4 is 19.8 Å². The summed E-state index contributed by atoms with van der Waals surface area (Å²) in [6.07, 6.45) is 5.44. The summed E-state index contributed by atoms with van der Waals surface area (Å²) in [5.74, 6) is 1.42. The van der Waals surface area contributed by atoms with Crippen molar-refractivity contribution in [2.24, 2.45) is 10.9 Å². The molecule has 3 rings (SSSR count). The lowest BCUT2D eigenvalue weighted by molar-refractivity contribution is 0.291. The molecular formula is C19H24NOP. The molecule has 116 valence electrons. The smallest absolute Gasteiger partial charge is 0.213 e. The average Bonchev–Trinajstić information content (AvgIpc) is 3.05. The molecule has 0 aromatic heterocycles. The van der Waals surface area contributed by atoms with Crippen LogP contribution < -0.4 is 5.30 Å². The Bertz CT molecular complexity index is 650. The second-order valence-electron chi connectivity index (χ2n) is 6.56. The number of ether oxygens (including phenoxy) is 1. The maximum atomic E-state index is 5.88. The minimum Gasteiger partial charge on any atom is -0.475 e. The van der Waals surface area contributed by atoms with Crippen LogP contribution >= 0.6 is 8.58 Å². The van der Waals surface area contributed by atoms with Crippen molar-refractivity contribution in [3.8, 4) is 0 Å². The molecule has 1 aromatic carbocycles. The molecule has 22 heavy (non-hydrogen) atoms. The highest BCUT2D eigenvalue weighted by molar-refractivity contribution is 7.52. The molecule has 1 aromatic rings. The molecule has 0 amide bonds. The van der Waals surface area contributed by atoms with Gasteiger partial charge in [0, 0.05) is 5.57 Å². The van der Waals surface area contributed by atoms with Gasteiger partial charge in [0.25, 0.3) is 0 Å². The molecule has 0 spiro atoms. The lowest BCUT2D eigenvalue weighted by Gasteiger charge is -2.09. The minimum absolute atomic E-state index is 0.314. The van der Waals surface area contributed by atoms with Gasteiger partial charge < -0.3 is 4.74 Å². The summed E-state index contributed by atoms with van der Waals surface area (Å²) in [4.78, 5) is 4.80. The predicted molar refractivity (Wildman–Crippen MR) is 96.7 cm³/mol. The van der Waals surface area contributed by atoms with Crippen LogP contribution in [0.1, 0.15) is 31.4 Å². The van der Waals surface area contributed by atoms with Crippen LogP contribution in [-0.2, 0) is 4.74 Å². The molecule has 2 aliphatic rings. The SMILES string of the molecule is Cc1cc(C)cc(PC2=C(C3=NC(C(C)C)CO3)CC=C2)c1. The highest BCUT2D eigenvalue weighted by Gasteiger charge is 2.26.